The summed E-state index contributed by atoms with van der Waals surface area (Å²) in [5, 5.41) is 5.32. The highest BCUT2D eigenvalue weighted by Crippen LogP contribution is 2.19. The predicted octanol–water partition coefficient (Wildman–Crippen LogP) is 3.63. The average molecular weight is 315 g/mol. The first-order valence-corrected chi connectivity index (χ1v) is 8.61. The molecule has 1 aliphatic rings. The lowest BCUT2D eigenvalue weighted by Gasteiger charge is -2.30. The van der Waals surface area contributed by atoms with Crippen molar-refractivity contribution in [1.29, 1.82) is 0 Å². The van der Waals surface area contributed by atoms with Crippen molar-refractivity contribution < 1.29 is 4.79 Å². The molecular weight excluding hydrogens is 294 g/mol. The summed E-state index contributed by atoms with van der Waals surface area (Å²) < 4.78 is 0. The van der Waals surface area contributed by atoms with Crippen LogP contribution in [0.1, 0.15) is 35.7 Å². The number of nitrogens with zero attached hydrogens (tertiary/aromatic N) is 2. The number of hydrogen-bond donors (Lipinski definition) is 1. The van der Waals surface area contributed by atoms with Gasteiger partial charge >= 0.3 is 0 Å². The zero-order chi connectivity index (χ0) is 15.4. The number of carbonyl (C=O) groups is 1. The van der Waals surface area contributed by atoms with Crippen molar-refractivity contribution in [3.8, 4) is 0 Å². The van der Waals surface area contributed by atoms with E-state index in [4.69, 9.17) is 0 Å². The number of rotatable bonds is 4. The Labute approximate surface area is 135 Å². The van der Waals surface area contributed by atoms with Crippen molar-refractivity contribution in [2.45, 2.75) is 26.3 Å². The predicted molar refractivity (Wildman–Crippen MR) is 90.2 cm³/mol. The lowest BCUT2D eigenvalue weighted by molar-refractivity contribution is 0.102. The molecule has 116 valence electrons. The third-order valence-corrected chi connectivity index (χ3v) is 4.68. The number of anilines is 1. The van der Waals surface area contributed by atoms with Crippen molar-refractivity contribution in [3.63, 3.8) is 0 Å². The summed E-state index contributed by atoms with van der Waals surface area (Å²) in [5.74, 6) is 0.675. The Hall–Kier alpha value is -1.72. The van der Waals surface area contributed by atoms with Crippen molar-refractivity contribution in [1.82, 2.24) is 9.88 Å². The van der Waals surface area contributed by atoms with E-state index >= 15 is 0 Å². The number of amides is 1. The maximum Gasteiger partial charge on any atom is 0.257 e. The normalized spacial score (nSPS) is 19.0. The maximum absolute atomic E-state index is 12.3. The molecule has 1 aliphatic heterocycles. The number of hydrogen-bond acceptors (Lipinski definition) is 4. The minimum absolute atomic E-state index is 0.0937. The van der Waals surface area contributed by atoms with Gasteiger partial charge in [0.05, 0.1) is 0 Å². The van der Waals surface area contributed by atoms with Crippen LogP contribution >= 0.6 is 11.3 Å². The number of carbonyl (C=O) groups excluding carboxylic acids is 1. The quantitative estimate of drug-likeness (QED) is 0.937. The highest BCUT2D eigenvalue weighted by molar-refractivity contribution is 7.13. The molecule has 0 saturated carbocycles. The summed E-state index contributed by atoms with van der Waals surface area (Å²) in [5.41, 5.74) is 1.89. The van der Waals surface area contributed by atoms with E-state index in [0.717, 1.165) is 25.6 Å². The van der Waals surface area contributed by atoms with Gasteiger partial charge in [-0.25, -0.2) is 4.98 Å². The molecule has 0 aliphatic carbocycles. The fourth-order valence-corrected chi connectivity index (χ4v) is 3.48. The zero-order valence-electron chi connectivity index (χ0n) is 12.8. The van der Waals surface area contributed by atoms with Crippen LogP contribution in [0.2, 0.25) is 0 Å². The van der Waals surface area contributed by atoms with Gasteiger partial charge in [-0.05, 0) is 43.0 Å². The van der Waals surface area contributed by atoms with Crippen LogP contribution in [-0.4, -0.2) is 28.9 Å². The van der Waals surface area contributed by atoms with E-state index in [9.17, 15) is 4.79 Å². The molecule has 1 N–H and O–H groups in total. The van der Waals surface area contributed by atoms with Crippen LogP contribution in [0.25, 0.3) is 0 Å². The monoisotopic (exact) mass is 315 g/mol. The largest absolute Gasteiger partial charge is 0.299 e. The summed E-state index contributed by atoms with van der Waals surface area (Å²) in [7, 11) is 0. The molecule has 0 radical (unpaired) electrons. The molecule has 22 heavy (non-hydrogen) atoms. The number of thiazole rings is 1. The molecule has 4 nitrogen and oxygen atoms in total. The van der Waals surface area contributed by atoms with Gasteiger partial charge in [-0.2, -0.15) is 0 Å². The van der Waals surface area contributed by atoms with E-state index in [2.05, 4.69) is 28.2 Å². The van der Waals surface area contributed by atoms with Crippen molar-refractivity contribution in [2.24, 2.45) is 5.92 Å². The minimum Gasteiger partial charge on any atom is -0.299 e. The van der Waals surface area contributed by atoms with Crippen molar-refractivity contribution in [2.75, 3.05) is 18.4 Å². The Balaban J connectivity index is 1.65. The molecule has 0 spiro atoms. The van der Waals surface area contributed by atoms with Crippen molar-refractivity contribution >= 4 is 22.4 Å². The topological polar surface area (TPSA) is 45.2 Å². The lowest BCUT2D eigenvalue weighted by Crippen LogP contribution is -2.33. The Morgan fingerprint density at radius 2 is 2.41 bits per heavy atom. The van der Waals surface area contributed by atoms with E-state index < -0.39 is 0 Å². The highest BCUT2D eigenvalue weighted by Gasteiger charge is 2.16. The second kappa shape index (κ2) is 7.03. The summed E-state index contributed by atoms with van der Waals surface area (Å²) in [6.07, 6.45) is 4.28. The first-order chi connectivity index (χ1) is 10.7. The molecule has 3 rings (SSSR count). The fraction of sp³-hybridized carbons (Fsp3) is 0.412. The third kappa shape index (κ3) is 3.93. The summed E-state index contributed by atoms with van der Waals surface area (Å²) in [6, 6.07) is 7.90. The van der Waals surface area contributed by atoms with Gasteiger partial charge < -0.3 is 0 Å². The molecule has 1 saturated heterocycles. The standard InChI is InChI=1S/C17H21N3OS/c1-13-4-3-8-20(11-13)12-14-5-2-6-15(10-14)16(21)19-17-18-7-9-22-17/h2,5-7,9-10,13H,3-4,8,11-12H2,1H3,(H,18,19,21)/t13-/m1/s1. The first-order valence-electron chi connectivity index (χ1n) is 7.73. The molecule has 1 fully saturated rings. The fourth-order valence-electron chi connectivity index (χ4n) is 2.95. The molecule has 0 bridgehead atoms. The molecule has 1 amide bonds. The Morgan fingerprint density at radius 3 is 3.18 bits per heavy atom. The molecule has 1 aromatic carbocycles. The summed E-state index contributed by atoms with van der Waals surface area (Å²) in [6.45, 7) is 5.53. The van der Waals surface area contributed by atoms with E-state index in [0.29, 0.717) is 10.7 Å². The van der Waals surface area contributed by atoms with Gasteiger partial charge in [-0.3, -0.25) is 15.0 Å². The first kappa shape index (κ1) is 15.2. The molecule has 2 heterocycles. The van der Waals surface area contributed by atoms with Gasteiger partial charge in [0.15, 0.2) is 5.13 Å². The number of nitrogens with one attached hydrogen (secondary N) is 1. The Morgan fingerprint density at radius 1 is 1.50 bits per heavy atom. The number of aromatic nitrogens is 1. The van der Waals surface area contributed by atoms with Gasteiger partial charge in [-0.15, -0.1) is 11.3 Å². The number of piperidine rings is 1. The number of likely N-dealkylation sites (tertiary alicyclic amines) is 1. The van der Waals surface area contributed by atoms with Gasteiger partial charge in [0.2, 0.25) is 0 Å². The molecule has 5 heteroatoms. The SMILES string of the molecule is C[C@@H]1CCCN(Cc2cccc(C(=O)Nc3nccs3)c2)C1. The second-order valence-corrected chi connectivity index (χ2v) is 6.87. The highest BCUT2D eigenvalue weighted by atomic mass is 32.1. The summed E-state index contributed by atoms with van der Waals surface area (Å²) >= 11 is 1.43. The van der Waals surface area contributed by atoms with Gasteiger partial charge in [0, 0.05) is 30.2 Å². The van der Waals surface area contributed by atoms with Crippen LogP contribution in [-0.2, 0) is 6.54 Å². The smallest absolute Gasteiger partial charge is 0.257 e. The van der Waals surface area contributed by atoms with Gasteiger partial charge in [0.25, 0.3) is 5.91 Å². The third-order valence-electron chi connectivity index (χ3n) is 3.99. The van der Waals surface area contributed by atoms with E-state index in [1.807, 2.05) is 23.6 Å². The van der Waals surface area contributed by atoms with Crippen LogP contribution in [0, 0.1) is 5.92 Å². The Kier molecular flexibility index (Phi) is 4.85. The average Bonchev–Trinajstić information content (AvgIpc) is 3.00. The molecular formula is C17H21N3OS. The van der Waals surface area contributed by atoms with E-state index in [1.54, 1.807) is 6.20 Å². The van der Waals surface area contributed by atoms with E-state index in [1.165, 1.54) is 29.7 Å². The van der Waals surface area contributed by atoms with Crippen LogP contribution in [0.5, 0.6) is 0 Å². The molecule has 0 unspecified atom stereocenters. The second-order valence-electron chi connectivity index (χ2n) is 5.97. The van der Waals surface area contributed by atoms with Crippen molar-refractivity contribution in [3.05, 3.63) is 47.0 Å². The number of benzene rings is 1. The Bertz CT molecular complexity index is 627. The van der Waals surface area contributed by atoms with Crippen LogP contribution in [0.4, 0.5) is 5.13 Å². The van der Waals surface area contributed by atoms with Gasteiger partial charge in [0.1, 0.15) is 0 Å². The lowest BCUT2D eigenvalue weighted by atomic mass is 9.99. The summed E-state index contributed by atoms with van der Waals surface area (Å²) in [4.78, 5) is 18.8. The van der Waals surface area contributed by atoms with Crippen LogP contribution < -0.4 is 5.32 Å². The van der Waals surface area contributed by atoms with Gasteiger partial charge in [-0.1, -0.05) is 19.1 Å². The minimum atomic E-state index is -0.0937. The molecule has 2 aromatic rings. The van der Waals surface area contributed by atoms with E-state index in [-0.39, 0.29) is 5.91 Å². The van der Waals surface area contributed by atoms with Crippen LogP contribution in [0.3, 0.4) is 0 Å². The molecule has 1 aromatic heterocycles. The molecule has 1 atom stereocenters. The van der Waals surface area contributed by atoms with Crippen LogP contribution in [0.15, 0.2) is 35.8 Å². The zero-order valence-corrected chi connectivity index (χ0v) is 13.6. The maximum atomic E-state index is 12.3.